The lowest BCUT2D eigenvalue weighted by molar-refractivity contribution is -0.109. The summed E-state index contributed by atoms with van der Waals surface area (Å²) in [4.78, 5) is 22.6. The Hall–Kier alpha value is -1.64. The van der Waals surface area contributed by atoms with Crippen LogP contribution in [0.5, 0.6) is 0 Å². The standard InChI is InChI=1S/C16H22O3/c1-3-4-10-15(13(2)11-12-17)19-16(18)14-8-6-5-7-9-14/h5-9,12-13,15H,3-4,10-11H2,1-2H3/t13-,15+/m0/s1. The maximum atomic E-state index is 12.0. The summed E-state index contributed by atoms with van der Waals surface area (Å²) in [6.45, 7) is 4.05. The minimum Gasteiger partial charge on any atom is -0.458 e. The zero-order valence-electron chi connectivity index (χ0n) is 11.7. The number of ether oxygens (including phenoxy) is 1. The molecule has 0 heterocycles. The van der Waals surface area contributed by atoms with Crippen molar-refractivity contribution in [1.29, 1.82) is 0 Å². The van der Waals surface area contributed by atoms with Gasteiger partial charge in [0, 0.05) is 6.42 Å². The van der Waals surface area contributed by atoms with Gasteiger partial charge in [0.25, 0.3) is 0 Å². The van der Waals surface area contributed by atoms with E-state index < -0.39 is 0 Å². The van der Waals surface area contributed by atoms with Crippen LogP contribution in [0.15, 0.2) is 30.3 Å². The second-order valence-electron chi connectivity index (χ2n) is 4.83. The van der Waals surface area contributed by atoms with Crippen molar-refractivity contribution >= 4 is 12.3 Å². The summed E-state index contributed by atoms with van der Waals surface area (Å²) >= 11 is 0. The van der Waals surface area contributed by atoms with Crippen molar-refractivity contribution in [2.24, 2.45) is 5.92 Å². The number of unbranched alkanes of at least 4 members (excludes halogenated alkanes) is 1. The number of aldehydes is 1. The smallest absolute Gasteiger partial charge is 0.338 e. The van der Waals surface area contributed by atoms with Gasteiger partial charge in [-0.25, -0.2) is 4.79 Å². The zero-order valence-corrected chi connectivity index (χ0v) is 11.7. The molecule has 0 unspecified atom stereocenters. The molecule has 1 aromatic carbocycles. The van der Waals surface area contributed by atoms with Crippen molar-refractivity contribution in [3.8, 4) is 0 Å². The van der Waals surface area contributed by atoms with E-state index in [-0.39, 0.29) is 18.0 Å². The van der Waals surface area contributed by atoms with E-state index in [1.807, 2.05) is 25.1 Å². The van der Waals surface area contributed by atoms with Crippen LogP contribution in [0.4, 0.5) is 0 Å². The monoisotopic (exact) mass is 262 g/mol. The van der Waals surface area contributed by atoms with Crippen LogP contribution in [0.25, 0.3) is 0 Å². The Morgan fingerprint density at radius 3 is 2.58 bits per heavy atom. The predicted octanol–water partition coefficient (Wildman–Crippen LogP) is 3.63. The third-order valence-corrected chi connectivity index (χ3v) is 3.21. The molecule has 0 amide bonds. The number of benzene rings is 1. The molecule has 0 spiro atoms. The van der Waals surface area contributed by atoms with Crippen molar-refractivity contribution in [1.82, 2.24) is 0 Å². The summed E-state index contributed by atoms with van der Waals surface area (Å²) in [5.41, 5.74) is 0.558. The normalized spacial score (nSPS) is 13.6. The van der Waals surface area contributed by atoms with Gasteiger partial charge in [-0.15, -0.1) is 0 Å². The van der Waals surface area contributed by atoms with E-state index >= 15 is 0 Å². The highest BCUT2D eigenvalue weighted by atomic mass is 16.5. The summed E-state index contributed by atoms with van der Waals surface area (Å²) in [6.07, 6.45) is 3.99. The van der Waals surface area contributed by atoms with Crippen molar-refractivity contribution in [2.45, 2.75) is 45.6 Å². The highest BCUT2D eigenvalue weighted by Crippen LogP contribution is 2.19. The fourth-order valence-corrected chi connectivity index (χ4v) is 1.95. The Balaban J connectivity index is 2.65. The predicted molar refractivity (Wildman–Crippen MR) is 75.0 cm³/mol. The highest BCUT2D eigenvalue weighted by Gasteiger charge is 2.21. The quantitative estimate of drug-likeness (QED) is 0.531. The molecule has 1 rings (SSSR count). The fourth-order valence-electron chi connectivity index (χ4n) is 1.95. The van der Waals surface area contributed by atoms with E-state index in [2.05, 4.69) is 6.92 Å². The van der Waals surface area contributed by atoms with Gasteiger partial charge in [-0.3, -0.25) is 0 Å². The van der Waals surface area contributed by atoms with E-state index in [4.69, 9.17) is 4.74 Å². The molecule has 0 aliphatic heterocycles. The van der Waals surface area contributed by atoms with Gasteiger partial charge in [-0.1, -0.05) is 44.9 Å². The lowest BCUT2D eigenvalue weighted by atomic mass is 9.97. The third-order valence-electron chi connectivity index (χ3n) is 3.21. The van der Waals surface area contributed by atoms with Crippen LogP contribution >= 0.6 is 0 Å². The molecule has 3 heteroatoms. The van der Waals surface area contributed by atoms with Crippen LogP contribution in [0.1, 0.15) is 49.9 Å². The number of hydrogen-bond acceptors (Lipinski definition) is 3. The molecule has 0 aromatic heterocycles. The summed E-state index contributed by atoms with van der Waals surface area (Å²) in [5.74, 6) is -0.240. The minimum atomic E-state index is -0.306. The molecule has 0 fully saturated rings. The maximum Gasteiger partial charge on any atom is 0.338 e. The van der Waals surface area contributed by atoms with Crippen LogP contribution in [0.3, 0.4) is 0 Å². The first-order valence-electron chi connectivity index (χ1n) is 6.88. The first-order chi connectivity index (χ1) is 9.19. The summed E-state index contributed by atoms with van der Waals surface area (Å²) in [5, 5.41) is 0. The summed E-state index contributed by atoms with van der Waals surface area (Å²) in [7, 11) is 0. The molecular weight excluding hydrogens is 240 g/mol. The fraction of sp³-hybridized carbons (Fsp3) is 0.500. The molecule has 0 saturated carbocycles. The number of carbonyl (C=O) groups excluding carboxylic acids is 2. The third kappa shape index (κ3) is 5.25. The van der Waals surface area contributed by atoms with E-state index in [0.717, 1.165) is 25.5 Å². The first-order valence-corrected chi connectivity index (χ1v) is 6.88. The highest BCUT2D eigenvalue weighted by molar-refractivity contribution is 5.89. The van der Waals surface area contributed by atoms with E-state index in [0.29, 0.717) is 12.0 Å². The SMILES string of the molecule is CCCC[C@@H](OC(=O)c1ccccc1)[C@@H](C)CC=O. The van der Waals surface area contributed by atoms with Gasteiger partial charge in [-0.2, -0.15) is 0 Å². The van der Waals surface area contributed by atoms with Crippen LogP contribution < -0.4 is 0 Å². The number of rotatable bonds is 8. The van der Waals surface area contributed by atoms with Gasteiger partial charge < -0.3 is 9.53 Å². The van der Waals surface area contributed by atoms with Gasteiger partial charge in [0.2, 0.25) is 0 Å². The van der Waals surface area contributed by atoms with E-state index in [1.165, 1.54) is 0 Å². The first kappa shape index (κ1) is 15.4. The molecule has 0 radical (unpaired) electrons. The van der Waals surface area contributed by atoms with Crippen molar-refractivity contribution in [3.63, 3.8) is 0 Å². The molecule has 0 N–H and O–H groups in total. The average Bonchev–Trinajstić information content (AvgIpc) is 2.44. The molecule has 3 nitrogen and oxygen atoms in total. The average molecular weight is 262 g/mol. The van der Waals surface area contributed by atoms with Crippen LogP contribution in [-0.4, -0.2) is 18.4 Å². The lowest BCUT2D eigenvalue weighted by Crippen LogP contribution is -2.25. The molecule has 0 bridgehead atoms. The lowest BCUT2D eigenvalue weighted by Gasteiger charge is -2.22. The number of esters is 1. The summed E-state index contributed by atoms with van der Waals surface area (Å²) in [6, 6.07) is 8.96. The minimum absolute atomic E-state index is 0.0664. The topological polar surface area (TPSA) is 43.4 Å². The van der Waals surface area contributed by atoms with Gasteiger partial charge >= 0.3 is 5.97 Å². The van der Waals surface area contributed by atoms with Gasteiger partial charge in [0.05, 0.1) is 5.56 Å². The molecule has 104 valence electrons. The molecular formula is C16H22O3. The van der Waals surface area contributed by atoms with Crippen molar-refractivity contribution in [3.05, 3.63) is 35.9 Å². The van der Waals surface area contributed by atoms with Crippen LogP contribution in [-0.2, 0) is 9.53 Å². The zero-order chi connectivity index (χ0) is 14.1. The molecule has 0 aliphatic rings. The second kappa shape index (κ2) is 8.46. The Kier molecular flexibility index (Phi) is 6.86. The molecule has 19 heavy (non-hydrogen) atoms. The van der Waals surface area contributed by atoms with E-state index in [1.54, 1.807) is 12.1 Å². The van der Waals surface area contributed by atoms with Crippen LogP contribution in [0, 0.1) is 5.92 Å². The molecule has 0 saturated heterocycles. The molecule has 0 aliphatic carbocycles. The Morgan fingerprint density at radius 1 is 1.32 bits per heavy atom. The van der Waals surface area contributed by atoms with Gasteiger partial charge in [0.1, 0.15) is 12.4 Å². The maximum absolute atomic E-state index is 12.0. The van der Waals surface area contributed by atoms with Crippen molar-refractivity contribution < 1.29 is 14.3 Å². The summed E-state index contributed by atoms with van der Waals surface area (Å²) < 4.78 is 5.56. The van der Waals surface area contributed by atoms with Crippen LogP contribution in [0.2, 0.25) is 0 Å². The van der Waals surface area contributed by atoms with Gasteiger partial charge in [0.15, 0.2) is 0 Å². The number of hydrogen-bond donors (Lipinski definition) is 0. The Bertz CT molecular complexity index is 386. The molecule has 2 atom stereocenters. The number of carbonyl (C=O) groups is 2. The Morgan fingerprint density at radius 2 is 2.00 bits per heavy atom. The van der Waals surface area contributed by atoms with E-state index in [9.17, 15) is 9.59 Å². The Labute approximate surface area is 115 Å². The largest absolute Gasteiger partial charge is 0.458 e. The second-order valence-corrected chi connectivity index (χ2v) is 4.83. The van der Waals surface area contributed by atoms with Crippen molar-refractivity contribution in [2.75, 3.05) is 0 Å². The molecule has 1 aromatic rings. The van der Waals surface area contributed by atoms with Gasteiger partial charge in [-0.05, 0) is 24.5 Å².